The zero-order valence-corrected chi connectivity index (χ0v) is 17.6. The Labute approximate surface area is 169 Å². The number of ketones is 1. The fraction of sp³-hybridized carbons (Fsp3) is 0.826. The van der Waals surface area contributed by atoms with Crippen LogP contribution >= 0.6 is 0 Å². The fourth-order valence-electron chi connectivity index (χ4n) is 4.51. The zero-order chi connectivity index (χ0) is 20.9. The van der Waals surface area contributed by atoms with E-state index in [1.165, 1.54) is 0 Å². The molecule has 160 valence electrons. The Morgan fingerprint density at radius 3 is 2.54 bits per heavy atom. The number of aliphatic hydroxyl groups excluding tert-OH is 2. The van der Waals surface area contributed by atoms with Gasteiger partial charge in [0.15, 0.2) is 0 Å². The molecule has 2 fully saturated rings. The largest absolute Gasteiger partial charge is 0.481 e. The Kier molecular flexibility index (Phi) is 8.26. The van der Waals surface area contributed by atoms with E-state index in [0.717, 1.165) is 51.4 Å². The van der Waals surface area contributed by atoms with E-state index < -0.39 is 18.2 Å². The molecule has 2 aliphatic rings. The maximum atomic E-state index is 12.3. The van der Waals surface area contributed by atoms with Crippen LogP contribution in [0.1, 0.15) is 78.6 Å². The molecule has 0 spiro atoms. The average molecular weight is 395 g/mol. The molecule has 2 rings (SSSR count). The van der Waals surface area contributed by atoms with Gasteiger partial charge in [0, 0.05) is 18.3 Å². The van der Waals surface area contributed by atoms with E-state index in [1.54, 1.807) is 6.08 Å². The molecule has 2 saturated carbocycles. The first-order valence-electron chi connectivity index (χ1n) is 11.0. The highest BCUT2D eigenvalue weighted by atomic mass is 16.4. The number of hydrogen-bond acceptors (Lipinski definition) is 4. The molecule has 2 aliphatic carbocycles. The van der Waals surface area contributed by atoms with Gasteiger partial charge in [-0.15, -0.1) is 0 Å². The van der Waals surface area contributed by atoms with Gasteiger partial charge in [0.1, 0.15) is 5.78 Å². The lowest BCUT2D eigenvalue weighted by molar-refractivity contribution is -0.138. The first-order chi connectivity index (χ1) is 13.2. The van der Waals surface area contributed by atoms with Crippen LogP contribution in [0.2, 0.25) is 0 Å². The molecule has 0 heterocycles. The summed E-state index contributed by atoms with van der Waals surface area (Å²) < 4.78 is 0. The number of rotatable bonds is 12. The summed E-state index contributed by atoms with van der Waals surface area (Å²) in [6, 6.07) is 0. The lowest BCUT2D eigenvalue weighted by atomic mass is 9.80. The van der Waals surface area contributed by atoms with Crippen LogP contribution in [0, 0.1) is 29.1 Å². The molecule has 6 atom stereocenters. The minimum Gasteiger partial charge on any atom is -0.481 e. The van der Waals surface area contributed by atoms with E-state index in [0.29, 0.717) is 5.92 Å². The average Bonchev–Trinajstić information content (AvgIpc) is 3.35. The number of carboxylic acids is 1. The van der Waals surface area contributed by atoms with Gasteiger partial charge in [0.25, 0.3) is 0 Å². The molecule has 0 unspecified atom stereocenters. The number of aliphatic hydroxyl groups is 2. The Morgan fingerprint density at radius 2 is 1.93 bits per heavy atom. The van der Waals surface area contributed by atoms with Gasteiger partial charge in [0.05, 0.1) is 18.1 Å². The van der Waals surface area contributed by atoms with Crippen molar-refractivity contribution in [2.45, 2.75) is 90.8 Å². The summed E-state index contributed by atoms with van der Waals surface area (Å²) in [5, 5.41) is 29.8. The molecule has 0 radical (unpaired) electrons. The predicted molar refractivity (Wildman–Crippen MR) is 109 cm³/mol. The summed E-state index contributed by atoms with van der Waals surface area (Å²) in [7, 11) is 0. The van der Waals surface area contributed by atoms with E-state index in [9.17, 15) is 19.8 Å². The Morgan fingerprint density at radius 1 is 1.25 bits per heavy atom. The molecule has 0 aromatic carbocycles. The lowest BCUT2D eigenvalue weighted by Crippen LogP contribution is -2.28. The van der Waals surface area contributed by atoms with Gasteiger partial charge in [-0.2, -0.15) is 0 Å². The maximum absolute atomic E-state index is 12.3. The van der Waals surface area contributed by atoms with Crippen LogP contribution in [0.25, 0.3) is 0 Å². The zero-order valence-electron chi connectivity index (χ0n) is 17.6. The summed E-state index contributed by atoms with van der Waals surface area (Å²) in [4.78, 5) is 23.2. The van der Waals surface area contributed by atoms with Gasteiger partial charge in [-0.1, -0.05) is 58.6 Å². The van der Waals surface area contributed by atoms with Crippen molar-refractivity contribution in [1.29, 1.82) is 0 Å². The van der Waals surface area contributed by atoms with Crippen molar-refractivity contribution >= 4 is 11.8 Å². The second-order valence-electron chi connectivity index (χ2n) is 9.57. The van der Waals surface area contributed by atoms with Gasteiger partial charge in [-0.05, 0) is 37.0 Å². The van der Waals surface area contributed by atoms with Crippen molar-refractivity contribution in [1.82, 2.24) is 0 Å². The molecule has 28 heavy (non-hydrogen) atoms. The van der Waals surface area contributed by atoms with E-state index in [4.69, 9.17) is 5.11 Å². The molecule has 0 aromatic rings. The molecule has 0 amide bonds. The topological polar surface area (TPSA) is 94.8 Å². The number of hydrogen-bond donors (Lipinski definition) is 3. The molecular formula is C23H38O5. The molecule has 0 aromatic heterocycles. The molecular weight excluding hydrogens is 356 g/mol. The third kappa shape index (κ3) is 6.15. The normalized spacial score (nSPS) is 31.5. The van der Waals surface area contributed by atoms with E-state index in [2.05, 4.69) is 6.92 Å². The Hall–Kier alpha value is -1.20. The molecule has 0 saturated heterocycles. The number of carbonyl (C=O) groups excluding carboxylic acids is 1. The number of Topliss-reactive ketones (excluding diaryl/α,β-unsaturated/α-hetero) is 1. The molecule has 3 N–H and O–H groups in total. The number of carbonyl (C=O) groups is 2. The van der Waals surface area contributed by atoms with Gasteiger partial charge in [-0.25, -0.2) is 0 Å². The van der Waals surface area contributed by atoms with Crippen LogP contribution in [-0.2, 0) is 9.59 Å². The molecule has 0 bridgehead atoms. The van der Waals surface area contributed by atoms with Crippen LogP contribution in [0.5, 0.6) is 0 Å². The van der Waals surface area contributed by atoms with Crippen LogP contribution in [0.3, 0.4) is 0 Å². The van der Waals surface area contributed by atoms with Crippen LogP contribution < -0.4 is 0 Å². The highest BCUT2D eigenvalue weighted by Gasteiger charge is 2.43. The number of unbranched alkanes of at least 4 members (excludes halogenated alkanes) is 2. The highest BCUT2D eigenvalue weighted by Crippen LogP contribution is 2.43. The maximum Gasteiger partial charge on any atom is 0.306 e. The minimum atomic E-state index is -0.690. The molecule has 0 aliphatic heterocycles. The number of aliphatic carboxylic acids is 1. The summed E-state index contributed by atoms with van der Waals surface area (Å²) in [6.07, 6.45) is 9.88. The van der Waals surface area contributed by atoms with Crippen molar-refractivity contribution in [2.24, 2.45) is 29.1 Å². The van der Waals surface area contributed by atoms with Crippen LogP contribution in [0.4, 0.5) is 0 Å². The van der Waals surface area contributed by atoms with Crippen LogP contribution in [0.15, 0.2) is 12.2 Å². The van der Waals surface area contributed by atoms with E-state index in [-0.39, 0.29) is 35.4 Å². The van der Waals surface area contributed by atoms with Crippen molar-refractivity contribution in [3.05, 3.63) is 12.2 Å². The molecule has 5 heteroatoms. The van der Waals surface area contributed by atoms with Gasteiger partial charge in [-0.3, -0.25) is 9.59 Å². The Bertz CT molecular complexity index is 567. The third-order valence-electron chi connectivity index (χ3n) is 6.80. The summed E-state index contributed by atoms with van der Waals surface area (Å²) >= 11 is 0. The van der Waals surface area contributed by atoms with Crippen molar-refractivity contribution < 1.29 is 24.9 Å². The second kappa shape index (κ2) is 10.0. The van der Waals surface area contributed by atoms with Gasteiger partial charge in [0.2, 0.25) is 0 Å². The van der Waals surface area contributed by atoms with Gasteiger partial charge >= 0.3 is 5.97 Å². The smallest absolute Gasteiger partial charge is 0.306 e. The molecule has 5 nitrogen and oxygen atoms in total. The van der Waals surface area contributed by atoms with Gasteiger partial charge < -0.3 is 15.3 Å². The predicted octanol–water partition coefficient (Wildman–Crippen LogP) is 3.97. The summed E-state index contributed by atoms with van der Waals surface area (Å²) in [5.41, 5.74) is -0.222. The first-order valence-corrected chi connectivity index (χ1v) is 11.0. The monoisotopic (exact) mass is 394 g/mol. The van der Waals surface area contributed by atoms with Crippen LogP contribution in [-0.4, -0.2) is 39.3 Å². The Balaban J connectivity index is 1.83. The highest BCUT2D eigenvalue weighted by molar-refractivity contribution is 5.84. The van der Waals surface area contributed by atoms with E-state index in [1.807, 2.05) is 19.9 Å². The lowest BCUT2D eigenvalue weighted by Gasteiger charge is -2.29. The van der Waals surface area contributed by atoms with Crippen molar-refractivity contribution in [3.63, 3.8) is 0 Å². The minimum absolute atomic E-state index is 0.108. The first kappa shape index (κ1) is 23.1. The van der Waals surface area contributed by atoms with E-state index >= 15 is 0 Å². The standard InChI is InChI=1S/C23H38O5/c1-4-5-12-23(2,3)21(26)11-10-17-16(19(24)14-20(17)25)9-7-6-8-15-13-18(15)22(27)28/h10-11,15-18,20-21,25-26H,4-9,12-14H2,1-3H3,(H,27,28)/b11-10+/t15-,16-,17-,18-,20-,21-/m1/s1. The third-order valence-corrected chi connectivity index (χ3v) is 6.80. The fourth-order valence-corrected chi connectivity index (χ4v) is 4.51. The number of carboxylic acid groups (broad SMARTS) is 1. The second-order valence-corrected chi connectivity index (χ2v) is 9.57. The van der Waals surface area contributed by atoms with Crippen molar-refractivity contribution in [2.75, 3.05) is 0 Å². The summed E-state index contributed by atoms with van der Waals surface area (Å²) in [5.74, 6) is -0.855. The van der Waals surface area contributed by atoms with Crippen molar-refractivity contribution in [3.8, 4) is 0 Å². The quantitative estimate of drug-likeness (QED) is 0.344. The SMILES string of the molecule is CCCCC(C)(C)[C@H](O)/C=C/[C@H]1[C@H](O)CC(=O)[C@@H]1CCCC[C@@H]1C[C@H]1C(=O)O. The summed E-state index contributed by atoms with van der Waals surface area (Å²) in [6.45, 7) is 6.23.